The molecule has 0 radical (unpaired) electrons. The number of aromatic nitrogens is 3. The van der Waals surface area contributed by atoms with Crippen molar-refractivity contribution in [2.24, 2.45) is 0 Å². The molecule has 0 atom stereocenters. The smallest absolute Gasteiger partial charge is 0.261 e. The molecule has 1 aliphatic heterocycles. The Hall–Kier alpha value is -4.00. The first-order chi connectivity index (χ1) is 15.6. The van der Waals surface area contributed by atoms with Crippen LogP contribution in [0, 0.1) is 6.92 Å². The number of fused-ring (bicyclic) bond motifs is 1. The van der Waals surface area contributed by atoms with Crippen LogP contribution in [0.1, 0.15) is 16.8 Å². The van der Waals surface area contributed by atoms with Gasteiger partial charge in [0.05, 0.1) is 31.6 Å². The minimum Gasteiger partial charge on any atom is -0.493 e. The summed E-state index contributed by atoms with van der Waals surface area (Å²) in [6.45, 7) is 2.96. The van der Waals surface area contributed by atoms with Crippen molar-refractivity contribution in [2.75, 3.05) is 13.7 Å². The zero-order valence-electron chi connectivity index (χ0n) is 18.1. The van der Waals surface area contributed by atoms with Gasteiger partial charge in [-0.3, -0.25) is 4.79 Å². The van der Waals surface area contributed by atoms with Crippen LogP contribution < -0.4 is 9.47 Å². The Bertz CT molecular complexity index is 1240. The molecule has 2 aromatic carbocycles. The quantitative estimate of drug-likeness (QED) is 0.467. The highest BCUT2D eigenvalue weighted by Crippen LogP contribution is 2.31. The maximum Gasteiger partial charge on any atom is 0.261 e. The predicted molar refractivity (Wildman–Crippen MR) is 120 cm³/mol. The highest BCUT2D eigenvalue weighted by Gasteiger charge is 2.31. The number of carbonyl (C=O) groups is 1. The highest BCUT2D eigenvalue weighted by molar-refractivity contribution is 5.78. The molecule has 7 nitrogen and oxygen atoms in total. The van der Waals surface area contributed by atoms with Gasteiger partial charge in [-0.05, 0) is 43.3 Å². The van der Waals surface area contributed by atoms with E-state index in [1.54, 1.807) is 18.1 Å². The summed E-state index contributed by atoms with van der Waals surface area (Å²) in [5, 5.41) is 4.87. The van der Waals surface area contributed by atoms with E-state index in [0.29, 0.717) is 24.6 Å². The third-order valence-corrected chi connectivity index (χ3v) is 5.63. The SMILES string of the molecule is COc1ccccc1OCC(=O)N1Cc2nn(-c3ccc(C)cc3)c(-n3cccc3)c2C1. The lowest BCUT2D eigenvalue weighted by Crippen LogP contribution is -2.31. The predicted octanol–water partition coefficient (Wildman–Crippen LogP) is 3.90. The van der Waals surface area contributed by atoms with Crippen LogP contribution in [0.25, 0.3) is 11.5 Å². The molecule has 32 heavy (non-hydrogen) atoms. The monoisotopic (exact) mass is 428 g/mol. The average molecular weight is 428 g/mol. The number of aryl methyl sites for hydroxylation is 1. The van der Waals surface area contributed by atoms with Gasteiger partial charge in [0.2, 0.25) is 0 Å². The Kier molecular flexibility index (Phi) is 5.15. The van der Waals surface area contributed by atoms with Crippen LogP contribution in [0.5, 0.6) is 11.5 Å². The van der Waals surface area contributed by atoms with Gasteiger partial charge in [0.1, 0.15) is 5.82 Å². The Morgan fingerprint density at radius 3 is 2.41 bits per heavy atom. The van der Waals surface area contributed by atoms with E-state index in [-0.39, 0.29) is 12.5 Å². The van der Waals surface area contributed by atoms with E-state index in [1.807, 2.05) is 52.0 Å². The van der Waals surface area contributed by atoms with Crippen molar-refractivity contribution in [3.8, 4) is 23.0 Å². The molecule has 0 N–H and O–H groups in total. The number of hydrogen-bond acceptors (Lipinski definition) is 4. The molecule has 1 amide bonds. The number of para-hydroxylation sites is 2. The van der Waals surface area contributed by atoms with Crippen LogP contribution in [0.15, 0.2) is 73.1 Å². The number of nitrogens with zero attached hydrogens (tertiary/aromatic N) is 4. The second-order valence-corrected chi connectivity index (χ2v) is 7.78. The molecule has 0 fully saturated rings. The molecule has 0 unspecified atom stereocenters. The van der Waals surface area contributed by atoms with Gasteiger partial charge >= 0.3 is 0 Å². The summed E-state index contributed by atoms with van der Waals surface area (Å²) < 4.78 is 15.0. The standard InChI is InChI=1S/C25H24N4O3/c1-18-9-11-19(12-10-18)29-25(27-13-5-6-14-27)20-15-28(16-21(20)26-29)24(30)17-32-23-8-4-3-7-22(23)31-2/h3-14H,15-17H2,1-2H3. The second-order valence-electron chi connectivity index (χ2n) is 7.78. The number of amides is 1. The van der Waals surface area contributed by atoms with Crippen LogP contribution in [0.2, 0.25) is 0 Å². The summed E-state index contributed by atoms with van der Waals surface area (Å²) >= 11 is 0. The van der Waals surface area contributed by atoms with Gasteiger partial charge in [0.25, 0.3) is 5.91 Å². The molecular formula is C25H24N4O3. The molecule has 0 saturated heterocycles. The maximum atomic E-state index is 12.9. The fourth-order valence-corrected chi connectivity index (χ4v) is 3.95. The Balaban J connectivity index is 1.38. The normalized spacial score (nSPS) is 12.6. The molecule has 0 bridgehead atoms. The first kappa shape index (κ1) is 19.9. The van der Waals surface area contributed by atoms with Gasteiger partial charge < -0.3 is 18.9 Å². The van der Waals surface area contributed by atoms with Gasteiger partial charge in [-0.2, -0.15) is 5.10 Å². The lowest BCUT2D eigenvalue weighted by molar-refractivity contribution is -0.134. The number of ether oxygens (including phenoxy) is 2. The van der Waals surface area contributed by atoms with E-state index in [4.69, 9.17) is 14.6 Å². The third-order valence-electron chi connectivity index (χ3n) is 5.63. The van der Waals surface area contributed by atoms with Crippen molar-refractivity contribution in [3.63, 3.8) is 0 Å². The van der Waals surface area contributed by atoms with Crippen molar-refractivity contribution in [1.29, 1.82) is 0 Å². The minimum absolute atomic E-state index is 0.0541. The summed E-state index contributed by atoms with van der Waals surface area (Å²) in [7, 11) is 1.58. The lowest BCUT2D eigenvalue weighted by Gasteiger charge is -2.18. The lowest BCUT2D eigenvalue weighted by atomic mass is 10.2. The first-order valence-electron chi connectivity index (χ1n) is 10.5. The van der Waals surface area contributed by atoms with Gasteiger partial charge in [0, 0.05) is 18.0 Å². The van der Waals surface area contributed by atoms with E-state index in [1.165, 1.54) is 5.56 Å². The van der Waals surface area contributed by atoms with E-state index < -0.39 is 0 Å². The largest absolute Gasteiger partial charge is 0.493 e. The molecular weight excluding hydrogens is 404 g/mol. The summed E-state index contributed by atoms with van der Waals surface area (Å²) in [4.78, 5) is 14.7. The topological polar surface area (TPSA) is 61.5 Å². The van der Waals surface area contributed by atoms with Gasteiger partial charge in [-0.25, -0.2) is 4.68 Å². The van der Waals surface area contributed by atoms with Crippen LogP contribution in [-0.4, -0.2) is 38.9 Å². The zero-order valence-corrected chi connectivity index (χ0v) is 18.1. The molecule has 3 heterocycles. The van der Waals surface area contributed by atoms with Crippen molar-refractivity contribution in [1.82, 2.24) is 19.2 Å². The zero-order chi connectivity index (χ0) is 22.1. The highest BCUT2D eigenvalue weighted by atomic mass is 16.5. The number of methoxy groups -OCH3 is 1. The van der Waals surface area contributed by atoms with E-state index in [0.717, 1.165) is 22.8 Å². The summed E-state index contributed by atoms with van der Waals surface area (Å²) in [6.07, 6.45) is 3.99. The Morgan fingerprint density at radius 2 is 1.69 bits per heavy atom. The van der Waals surface area contributed by atoms with Crippen molar-refractivity contribution < 1.29 is 14.3 Å². The molecule has 5 rings (SSSR count). The fraction of sp³-hybridized carbons (Fsp3) is 0.200. The maximum absolute atomic E-state index is 12.9. The number of hydrogen-bond donors (Lipinski definition) is 0. The second kappa shape index (κ2) is 8.26. The molecule has 0 saturated carbocycles. The number of benzene rings is 2. The summed E-state index contributed by atoms with van der Waals surface area (Å²) in [5.41, 5.74) is 4.14. The van der Waals surface area contributed by atoms with E-state index >= 15 is 0 Å². The van der Waals surface area contributed by atoms with Crippen LogP contribution >= 0.6 is 0 Å². The van der Waals surface area contributed by atoms with Crippen LogP contribution in [0.3, 0.4) is 0 Å². The number of rotatable bonds is 6. The van der Waals surface area contributed by atoms with Gasteiger partial charge in [-0.1, -0.05) is 29.8 Å². The van der Waals surface area contributed by atoms with Crippen molar-refractivity contribution in [2.45, 2.75) is 20.0 Å². The summed E-state index contributed by atoms with van der Waals surface area (Å²) in [6, 6.07) is 19.6. The van der Waals surface area contributed by atoms with Crippen molar-refractivity contribution in [3.05, 3.63) is 89.9 Å². The Morgan fingerprint density at radius 1 is 0.969 bits per heavy atom. The van der Waals surface area contributed by atoms with Gasteiger partial charge in [0.15, 0.2) is 18.1 Å². The van der Waals surface area contributed by atoms with E-state index in [9.17, 15) is 4.79 Å². The van der Waals surface area contributed by atoms with Crippen LogP contribution in [0.4, 0.5) is 0 Å². The molecule has 0 aliphatic carbocycles. The fourth-order valence-electron chi connectivity index (χ4n) is 3.95. The molecule has 4 aromatic rings. The van der Waals surface area contributed by atoms with Crippen molar-refractivity contribution >= 4 is 5.91 Å². The minimum atomic E-state index is -0.0887. The number of carbonyl (C=O) groups excluding carboxylic acids is 1. The molecule has 162 valence electrons. The average Bonchev–Trinajstić information content (AvgIpc) is 3.54. The first-order valence-corrected chi connectivity index (χ1v) is 10.5. The molecule has 7 heteroatoms. The van der Waals surface area contributed by atoms with Gasteiger partial charge in [-0.15, -0.1) is 0 Å². The molecule has 1 aliphatic rings. The molecule has 0 spiro atoms. The summed E-state index contributed by atoms with van der Waals surface area (Å²) in [5.74, 6) is 2.02. The Labute approximate surface area is 186 Å². The molecule has 2 aromatic heterocycles. The van der Waals surface area contributed by atoms with E-state index in [2.05, 4.69) is 31.2 Å². The third kappa shape index (κ3) is 3.62. The van der Waals surface area contributed by atoms with Crippen LogP contribution in [-0.2, 0) is 17.9 Å².